The Kier molecular flexibility index (Phi) is 4.82. The maximum atomic E-state index is 11.6. The molecule has 92 valence electrons. The normalized spacial score (nSPS) is 9.89. The molecule has 0 aliphatic heterocycles. The quantitative estimate of drug-likeness (QED) is 0.329. The fourth-order valence-corrected chi connectivity index (χ4v) is 1.69. The number of aromatic nitrogens is 1. The number of pyridine rings is 1. The molecule has 0 amide bonds. The van der Waals surface area contributed by atoms with Crippen molar-refractivity contribution in [2.75, 3.05) is 0 Å². The summed E-state index contributed by atoms with van der Waals surface area (Å²) in [4.78, 5) is 32.1. The van der Waals surface area contributed by atoms with E-state index in [1.807, 2.05) is 0 Å². The van der Waals surface area contributed by atoms with E-state index < -0.39 is 22.9 Å². The van der Waals surface area contributed by atoms with Crippen LogP contribution in [0.25, 0.3) is 10.9 Å². The van der Waals surface area contributed by atoms with Crippen molar-refractivity contribution in [1.29, 1.82) is 0 Å². The third kappa shape index (κ3) is 3.19. The third-order valence-corrected chi connectivity index (χ3v) is 2.47. The van der Waals surface area contributed by atoms with E-state index in [0.29, 0.717) is 5.52 Å². The molecule has 1 aromatic carbocycles. The molecule has 1 aromatic heterocycles. The van der Waals surface area contributed by atoms with Crippen LogP contribution in [-0.2, 0) is 11.3 Å². The van der Waals surface area contributed by atoms with Gasteiger partial charge in [-0.15, -0.1) is 0 Å². The van der Waals surface area contributed by atoms with Crippen molar-refractivity contribution in [3.8, 4) is 0 Å². The Bertz CT molecular complexity index is 710. The number of hydrogen-bond donors (Lipinski definition) is 0. The minimum Gasteiger partial charge on any atom is -0.548 e. The van der Waals surface area contributed by atoms with Crippen LogP contribution in [0.15, 0.2) is 35.3 Å². The van der Waals surface area contributed by atoms with Gasteiger partial charge in [-0.05, 0) is 6.07 Å². The SMILES string of the molecule is O=C([O-])Cn1ccc(=O)c2cc([N+](=O)[O-])ccc21.[Na+]. The van der Waals surface area contributed by atoms with Gasteiger partial charge in [0.2, 0.25) is 0 Å². The molecule has 0 atom stereocenters. The van der Waals surface area contributed by atoms with Gasteiger partial charge in [-0.25, -0.2) is 0 Å². The molecular formula is C11H7N2NaO5. The molecule has 0 aliphatic carbocycles. The first-order valence-corrected chi connectivity index (χ1v) is 4.96. The summed E-state index contributed by atoms with van der Waals surface area (Å²) in [5.41, 5.74) is -0.300. The number of benzene rings is 1. The monoisotopic (exact) mass is 270 g/mol. The van der Waals surface area contributed by atoms with Crippen LogP contribution in [0.2, 0.25) is 0 Å². The largest absolute Gasteiger partial charge is 1.00 e. The van der Waals surface area contributed by atoms with E-state index in [0.717, 1.165) is 12.1 Å². The smallest absolute Gasteiger partial charge is 0.548 e. The molecule has 19 heavy (non-hydrogen) atoms. The summed E-state index contributed by atoms with van der Waals surface area (Å²) in [6.45, 7) is -0.422. The van der Waals surface area contributed by atoms with Crippen LogP contribution in [0.1, 0.15) is 0 Å². The zero-order valence-corrected chi connectivity index (χ0v) is 12.0. The number of nitro benzene ring substituents is 1. The number of rotatable bonds is 3. The number of hydrogen-bond acceptors (Lipinski definition) is 5. The van der Waals surface area contributed by atoms with Gasteiger partial charge in [-0.3, -0.25) is 14.9 Å². The van der Waals surface area contributed by atoms with Crippen molar-refractivity contribution < 1.29 is 44.4 Å². The van der Waals surface area contributed by atoms with Gasteiger partial charge in [-0.1, -0.05) is 0 Å². The fourth-order valence-electron chi connectivity index (χ4n) is 1.69. The summed E-state index contributed by atoms with van der Waals surface area (Å²) in [5, 5.41) is 21.3. The van der Waals surface area contributed by atoms with E-state index in [1.165, 1.54) is 22.9 Å². The molecule has 0 N–H and O–H groups in total. The van der Waals surface area contributed by atoms with Gasteiger partial charge >= 0.3 is 29.6 Å². The minimum atomic E-state index is -1.31. The summed E-state index contributed by atoms with van der Waals surface area (Å²) in [6.07, 6.45) is 1.31. The van der Waals surface area contributed by atoms with E-state index in [4.69, 9.17) is 0 Å². The van der Waals surface area contributed by atoms with Gasteiger partial charge in [0.05, 0.1) is 28.3 Å². The molecule has 0 aliphatic rings. The topological polar surface area (TPSA) is 105 Å². The van der Waals surface area contributed by atoms with Gasteiger partial charge in [0.15, 0.2) is 5.43 Å². The molecule has 1 heterocycles. The number of carbonyl (C=O) groups excluding carboxylic acids is 1. The maximum Gasteiger partial charge on any atom is 1.00 e. The summed E-state index contributed by atoms with van der Waals surface area (Å²) in [6, 6.07) is 4.85. The van der Waals surface area contributed by atoms with Crippen LogP contribution in [0.3, 0.4) is 0 Å². The molecule has 7 nitrogen and oxygen atoms in total. The van der Waals surface area contributed by atoms with E-state index in [-0.39, 0.29) is 40.6 Å². The molecule has 2 aromatic rings. The van der Waals surface area contributed by atoms with Crippen LogP contribution < -0.4 is 40.1 Å². The molecule has 0 radical (unpaired) electrons. The number of carboxylic acids is 1. The third-order valence-electron chi connectivity index (χ3n) is 2.47. The molecule has 2 rings (SSSR count). The first kappa shape index (κ1) is 15.4. The van der Waals surface area contributed by atoms with Crippen LogP contribution in [0, 0.1) is 10.1 Å². The van der Waals surface area contributed by atoms with Crippen molar-refractivity contribution in [2.24, 2.45) is 0 Å². The van der Waals surface area contributed by atoms with Gasteiger partial charge < -0.3 is 14.5 Å². The Morgan fingerprint density at radius 3 is 2.58 bits per heavy atom. The number of aliphatic carboxylic acids is 1. The maximum absolute atomic E-state index is 11.6. The molecule has 0 saturated carbocycles. The van der Waals surface area contributed by atoms with Crippen molar-refractivity contribution in [3.05, 3.63) is 50.8 Å². The molecule has 0 bridgehead atoms. The number of carboxylic acid groups (broad SMARTS) is 1. The number of nitrogens with zero attached hydrogens (tertiary/aromatic N) is 2. The fraction of sp³-hybridized carbons (Fsp3) is 0.0909. The Morgan fingerprint density at radius 1 is 1.32 bits per heavy atom. The van der Waals surface area contributed by atoms with Gasteiger partial charge in [0.25, 0.3) is 5.69 Å². The second-order valence-electron chi connectivity index (χ2n) is 3.64. The molecule has 0 unspecified atom stereocenters. The summed E-state index contributed by atoms with van der Waals surface area (Å²) >= 11 is 0. The Hall–Kier alpha value is -1.70. The van der Waals surface area contributed by atoms with Crippen molar-refractivity contribution in [3.63, 3.8) is 0 Å². The van der Waals surface area contributed by atoms with E-state index in [9.17, 15) is 24.8 Å². The predicted octanol–water partition coefficient (Wildman–Crippen LogP) is -3.34. The first-order chi connectivity index (χ1) is 8.49. The van der Waals surface area contributed by atoms with Crippen molar-refractivity contribution in [1.82, 2.24) is 4.57 Å². The van der Waals surface area contributed by atoms with Crippen molar-refractivity contribution in [2.45, 2.75) is 6.54 Å². The Balaban J connectivity index is 0.00000180. The summed E-state index contributed by atoms with van der Waals surface area (Å²) in [7, 11) is 0. The van der Waals surface area contributed by atoms with E-state index in [2.05, 4.69) is 0 Å². The average Bonchev–Trinajstić information content (AvgIpc) is 2.32. The van der Waals surface area contributed by atoms with Crippen LogP contribution in [-0.4, -0.2) is 15.5 Å². The zero-order valence-electron chi connectivity index (χ0n) is 10.0. The predicted molar refractivity (Wildman–Crippen MR) is 59.9 cm³/mol. The number of fused-ring (bicyclic) bond motifs is 1. The summed E-state index contributed by atoms with van der Waals surface area (Å²) < 4.78 is 1.29. The Labute approximate surface area is 128 Å². The molecule has 0 spiro atoms. The van der Waals surface area contributed by atoms with E-state index in [1.54, 1.807) is 0 Å². The van der Waals surface area contributed by atoms with Gasteiger partial charge in [0.1, 0.15) is 0 Å². The molecule has 8 heteroatoms. The van der Waals surface area contributed by atoms with Crippen molar-refractivity contribution >= 4 is 22.6 Å². The van der Waals surface area contributed by atoms with Crippen LogP contribution in [0.4, 0.5) is 5.69 Å². The second kappa shape index (κ2) is 5.96. The average molecular weight is 270 g/mol. The zero-order chi connectivity index (χ0) is 13.3. The molecular weight excluding hydrogens is 263 g/mol. The number of carbonyl (C=O) groups is 1. The van der Waals surface area contributed by atoms with Crippen LogP contribution >= 0.6 is 0 Å². The Morgan fingerprint density at radius 2 is 2.00 bits per heavy atom. The van der Waals surface area contributed by atoms with Gasteiger partial charge in [0, 0.05) is 24.4 Å². The summed E-state index contributed by atoms with van der Waals surface area (Å²) in [5.74, 6) is -1.31. The molecule has 0 fully saturated rings. The van der Waals surface area contributed by atoms with Crippen LogP contribution in [0.5, 0.6) is 0 Å². The number of nitro groups is 1. The minimum absolute atomic E-state index is 0. The first-order valence-electron chi connectivity index (χ1n) is 4.96. The number of non-ortho nitro benzene ring substituents is 1. The van der Waals surface area contributed by atoms with Gasteiger partial charge in [-0.2, -0.15) is 0 Å². The standard InChI is InChI=1S/C11H8N2O5.Na/c14-10-3-4-12(6-11(15)16)9-2-1-7(13(17)18)5-8(9)10;/h1-5H,6H2,(H,15,16);/q;+1/p-1. The molecule has 0 saturated heterocycles. The van der Waals surface area contributed by atoms with E-state index >= 15 is 0 Å². The second-order valence-corrected chi connectivity index (χ2v) is 3.64.